The fourth-order valence-electron chi connectivity index (χ4n) is 3.00. The normalized spacial score (nSPS) is 15.8. The molecule has 3 nitrogen and oxygen atoms in total. The molecule has 0 amide bonds. The van der Waals surface area contributed by atoms with E-state index in [1.807, 2.05) is 12.1 Å². The first-order chi connectivity index (χ1) is 11.7. The first-order valence-electron chi connectivity index (χ1n) is 8.47. The first kappa shape index (κ1) is 16.5. The number of rotatable bonds is 6. The SMILES string of the molecule is CN=C(NCCc1ccccc1F)NCC1(c2ccccc2)CC1. The predicted octanol–water partition coefficient (Wildman–Crippen LogP) is 3.27. The smallest absolute Gasteiger partial charge is 0.191 e. The third kappa shape index (κ3) is 3.94. The summed E-state index contributed by atoms with van der Waals surface area (Å²) in [6.45, 7) is 1.52. The zero-order chi connectivity index (χ0) is 16.8. The maximum absolute atomic E-state index is 13.6. The van der Waals surface area contributed by atoms with Crippen LogP contribution in [0.5, 0.6) is 0 Å². The zero-order valence-electron chi connectivity index (χ0n) is 14.1. The molecule has 0 radical (unpaired) electrons. The highest BCUT2D eigenvalue weighted by Gasteiger charge is 2.43. The van der Waals surface area contributed by atoms with Gasteiger partial charge in [-0.15, -0.1) is 0 Å². The largest absolute Gasteiger partial charge is 0.356 e. The molecular weight excluding hydrogens is 301 g/mol. The number of aliphatic imine (C=N–C) groups is 1. The van der Waals surface area contributed by atoms with Crippen molar-refractivity contribution in [2.24, 2.45) is 4.99 Å². The van der Waals surface area contributed by atoms with Gasteiger partial charge in [0.15, 0.2) is 5.96 Å². The second kappa shape index (κ2) is 7.47. The number of nitrogens with zero attached hydrogens (tertiary/aromatic N) is 1. The summed E-state index contributed by atoms with van der Waals surface area (Å²) < 4.78 is 13.6. The Bertz CT molecular complexity index is 693. The molecule has 0 bridgehead atoms. The van der Waals surface area contributed by atoms with E-state index >= 15 is 0 Å². The van der Waals surface area contributed by atoms with Crippen LogP contribution in [0.15, 0.2) is 59.6 Å². The van der Waals surface area contributed by atoms with Crippen LogP contribution in [-0.4, -0.2) is 26.1 Å². The Kier molecular flexibility index (Phi) is 5.14. The minimum absolute atomic E-state index is 0.150. The van der Waals surface area contributed by atoms with Crippen LogP contribution in [0.25, 0.3) is 0 Å². The molecule has 1 fully saturated rings. The molecule has 126 valence electrons. The maximum atomic E-state index is 13.6. The van der Waals surface area contributed by atoms with Gasteiger partial charge >= 0.3 is 0 Å². The van der Waals surface area contributed by atoms with Crippen molar-refractivity contribution >= 4 is 5.96 Å². The molecule has 0 heterocycles. The van der Waals surface area contributed by atoms with E-state index in [1.165, 1.54) is 24.5 Å². The summed E-state index contributed by atoms with van der Waals surface area (Å²) in [6.07, 6.45) is 3.05. The lowest BCUT2D eigenvalue weighted by molar-refractivity contribution is 0.605. The van der Waals surface area contributed by atoms with Crippen LogP contribution >= 0.6 is 0 Å². The van der Waals surface area contributed by atoms with Crippen molar-refractivity contribution in [1.29, 1.82) is 0 Å². The number of nitrogens with one attached hydrogen (secondary N) is 2. The van der Waals surface area contributed by atoms with Gasteiger partial charge in [0.2, 0.25) is 0 Å². The average Bonchev–Trinajstić information content (AvgIpc) is 3.41. The second-order valence-corrected chi connectivity index (χ2v) is 6.34. The summed E-state index contributed by atoms with van der Waals surface area (Å²) in [4.78, 5) is 4.27. The van der Waals surface area contributed by atoms with Gasteiger partial charge in [0, 0.05) is 25.6 Å². The summed E-state index contributed by atoms with van der Waals surface area (Å²) in [5.41, 5.74) is 2.35. The van der Waals surface area contributed by atoms with Gasteiger partial charge in [0.05, 0.1) is 0 Å². The molecule has 0 spiro atoms. The number of benzene rings is 2. The van der Waals surface area contributed by atoms with Gasteiger partial charge in [0.1, 0.15) is 5.82 Å². The van der Waals surface area contributed by atoms with E-state index in [0.717, 1.165) is 18.1 Å². The van der Waals surface area contributed by atoms with Crippen LogP contribution in [0.1, 0.15) is 24.0 Å². The van der Waals surface area contributed by atoms with Gasteiger partial charge in [-0.3, -0.25) is 4.99 Å². The fourth-order valence-corrected chi connectivity index (χ4v) is 3.00. The zero-order valence-corrected chi connectivity index (χ0v) is 14.1. The highest BCUT2D eigenvalue weighted by Crippen LogP contribution is 2.47. The van der Waals surface area contributed by atoms with Crippen LogP contribution in [-0.2, 0) is 11.8 Å². The van der Waals surface area contributed by atoms with Crippen LogP contribution in [0.3, 0.4) is 0 Å². The Morgan fingerprint density at radius 2 is 1.75 bits per heavy atom. The van der Waals surface area contributed by atoms with Crippen molar-refractivity contribution in [3.05, 3.63) is 71.5 Å². The lowest BCUT2D eigenvalue weighted by atomic mass is 9.96. The number of guanidine groups is 1. The van der Waals surface area contributed by atoms with E-state index in [9.17, 15) is 4.39 Å². The predicted molar refractivity (Wildman–Crippen MR) is 96.8 cm³/mol. The maximum Gasteiger partial charge on any atom is 0.191 e. The number of hydrogen-bond donors (Lipinski definition) is 2. The van der Waals surface area contributed by atoms with Crippen LogP contribution in [0.2, 0.25) is 0 Å². The molecular formula is C20H24FN3. The molecule has 2 aromatic rings. The van der Waals surface area contributed by atoms with Gasteiger partial charge in [-0.05, 0) is 36.5 Å². The standard InChI is InChI=1S/C20H24FN3/c1-22-19(23-14-11-16-7-5-6-10-18(16)21)24-15-20(12-13-20)17-8-3-2-4-9-17/h2-10H,11-15H2,1H3,(H2,22,23,24). The van der Waals surface area contributed by atoms with Gasteiger partial charge in [-0.2, -0.15) is 0 Å². The topological polar surface area (TPSA) is 36.4 Å². The molecule has 0 unspecified atom stereocenters. The van der Waals surface area contributed by atoms with Gasteiger partial charge in [-0.1, -0.05) is 48.5 Å². The van der Waals surface area contributed by atoms with E-state index in [0.29, 0.717) is 13.0 Å². The number of halogens is 1. The number of hydrogen-bond acceptors (Lipinski definition) is 1. The van der Waals surface area contributed by atoms with Crippen molar-refractivity contribution in [3.8, 4) is 0 Å². The lowest BCUT2D eigenvalue weighted by Gasteiger charge is -2.19. The van der Waals surface area contributed by atoms with E-state index in [2.05, 4.69) is 46.0 Å². The average molecular weight is 325 g/mol. The Morgan fingerprint density at radius 3 is 2.42 bits per heavy atom. The van der Waals surface area contributed by atoms with Crippen molar-refractivity contribution in [3.63, 3.8) is 0 Å². The highest BCUT2D eigenvalue weighted by molar-refractivity contribution is 5.79. The van der Waals surface area contributed by atoms with Gasteiger partial charge in [-0.25, -0.2) is 4.39 Å². The molecule has 4 heteroatoms. The van der Waals surface area contributed by atoms with Gasteiger partial charge < -0.3 is 10.6 Å². The van der Waals surface area contributed by atoms with Crippen molar-refractivity contribution < 1.29 is 4.39 Å². The van der Waals surface area contributed by atoms with Crippen LogP contribution in [0.4, 0.5) is 4.39 Å². The Hall–Kier alpha value is -2.36. The van der Waals surface area contributed by atoms with E-state index in [-0.39, 0.29) is 11.2 Å². The molecule has 0 aliphatic heterocycles. The quantitative estimate of drug-likeness (QED) is 0.632. The Morgan fingerprint density at radius 1 is 1.04 bits per heavy atom. The molecule has 3 rings (SSSR count). The molecule has 1 aliphatic rings. The second-order valence-electron chi connectivity index (χ2n) is 6.34. The van der Waals surface area contributed by atoms with Gasteiger partial charge in [0.25, 0.3) is 0 Å². The third-order valence-corrected chi connectivity index (χ3v) is 4.70. The third-order valence-electron chi connectivity index (χ3n) is 4.70. The van der Waals surface area contributed by atoms with E-state index in [4.69, 9.17) is 0 Å². The van der Waals surface area contributed by atoms with Crippen LogP contribution < -0.4 is 10.6 Å². The Labute approximate surface area is 143 Å². The monoisotopic (exact) mass is 325 g/mol. The lowest BCUT2D eigenvalue weighted by Crippen LogP contribution is -2.42. The summed E-state index contributed by atoms with van der Waals surface area (Å²) in [7, 11) is 1.76. The fraction of sp³-hybridized carbons (Fsp3) is 0.350. The molecule has 1 aliphatic carbocycles. The summed E-state index contributed by atoms with van der Waals surface area (Å²) in [5.74, 6) is 0.622. The summed E-state index contributed by atoms with van der Waals surface area (Å²) in [6, 6.07) is 17.5. The van der Waals surface area contributed by atoms with Crippen molar-refractivity contribution in [2.45, 2.75) is 24.7 Å². The molecule has 0 atom stereocenters. The molecule has 1 saturated carbocycles. The minimum atomic E-state index is -0.150. The van der Waals surface area contributed by atoms with E-state index < -0.39 is 0 Å². The Balaban J connectivity index is 1.49. The van der Waals surface area contributed by atoms with Crippen LogP contribution in [0, 0.1) is 5.82 Å². The molecule has 24 heavy (non-hydrogen) atoms. The molecule has 0 aromatic heterocycles. The summed E-state index contributed by atoms with van der Waals surface area (Å²) >= 11 is 0. The highest BCUT2D eigenvalue weighted by atomic mass is 19.1. The minimum Gasteiger partial charge on any atom is -0.356 e. The molecule has 2 aromatic carbocycles. The summed E-state index contributed by atoms with van der Waals surface area (Å²) in [5, 5.41) is 6.69. The molecule has 0 saturated heterocycles. The first-order valence-corrected chi connectivity index (χ1v) is 8.47. The van der Waals surface area contributed by atoms with Crippen molar-refractivity contribution in [1.82, 2.24) is 10.6 Å². The van der Waals surface area contributed by atoms with E-state index in [1.54, 1.807) is 13.1 Å². The molecule has 2 N–H and O–H groups in total. The van der Waals surface area contributed by atoms with Crippen molar-refractivity contribution in [2.75, 3.05) is 20.1 Å².